The van der Waals surface area contributed by atoms with Crippen molar-refractivity contribution in [2.45, 2.75) is 44.6 Å². The number of carbonyl (C=O) groups excluding carboxylic acids is 2. The zero-order valence-corrected chi connectivity index (χ0v) is 14.8. The Hall–Kier alpha value is -2.02. The highest BCUT2D eigenvalue weighted by molar-refractivity contribution is 5.90. The van der Waals surface area contributed by atoms with Crippen molar-refractivity contribution in [1.82, 2.24) is 10.2 Å². The summed E-state index contributed by atoms with van der Waals surface area (Å²) in [6, 6.07) is 3.15. The van der Waals surface area contributed by atoms with E-state index in [1.54, 1.807) is 0 Å². The van der Waals surface area contributed by atoms with Crippen LogP contribution in [0.15, 0.2) is 18.2 Å². The third-order valence-corrected chi connectivity index (χ3v) is 4.97. The molecule has 1 aliphatic carbocycles. The van der Waals surface area contributed by atoms with Crippen molar-refractivity contribution in [2.75, 3.05) is 25.0 Å². The fourth-order valence-electron chi connectivity index (χ4n) is 3.24. The summed E-state index contributed by atoms with van der Waals surface area (Å²) in [6.07, 6.45) is 4.79. The molecule has 7 heteroatoms. The highest BCUT2D eigenvalue weighted by Crippen LogP contribution is 2.30. The zero-order chi connectivity index (χ0) is 18.5. The van der Waals surface area contributed by atoms with E-state index in [2.05, 4.69) is 10.6 Å². The smallest absolute Gasteiger partial charge is 0.225 e. The van der Waals surface area contributed by atoms with E-state index in [1.165, 1.54) is 12.8 Å². The molecule has 5 nitrogen and oxygen atoms in total. The SMILES string of the molecule is O=C(CCNC1CCC(=O)N(CC2CC2)CC1)Nc1cc(F)ccc1F. The maximum absolute atomic E-state index is 13.5. The first-order valence-electron chi connectivity index (χ1n) is 9.27. The van der Waals surface area contributed by atoms with E-state index in [1.807, 2.05) is 4.90 Å². The van der Waals surface area contributed by atoms with Crippen LogP contribution >= 0.6 is 0 Å². The molecule has 0 radical (unpaired) electrons. The van der Waals surface area contributed by atoms with E-state index >= 15 is 0 Å². The molecule has 0 aromatic heterocycles. The van der Waals surface area contributed by atoms with Crippen LogP contribution in [0.2, 0.25) is 0 Å². The molecule has 1 unspecified atom stereocenters. The van der Waals surface area contributed by atoms with E-state index in [9.17, 15) is 18.4 Å². The lowest BCUT2D eigenvalue weighted by atomic mass is 10.1. The molecule has 1 aromatic carbocycles. The van der Waals surface area contributed by atoms with Crippen molar-refractivity contribution in [3.63, 3.8) is 0 Å². The Kier molecular flexibility index (Phi) is 6.19. The van der Waals surface area contributed by atoms with Crippen LogP contribution < -0.4 is 10.6 Å². The highest BCUT2D eigenvalue weighted by atomic mass is 19.1. The number of hydrogen-bond donors (Lipinski definition) is 2. The molecule has 2 fully saturated rings. The van der Waals surface area contributed by atoms with Crippen LogP contribution in [0, 0.1) is 17.6 Å². The van der Waals surface area contributed by atoms with Gasteiger partial charge in [0, 0.05) is 44.6 Å². The molecule has 26 heavy (non-hydrogen) atoms. The standard InChI is InChI=1S/C19H25F2N3O2/c20-14-3-5-16(21)17(11-14)23-18(25)7-9-22-15-4-6-19(26)24(10-8-15)12-13-1-2-13/h3,5,11,13,15,22H,1-2,4,6-10,12H2,(H,23,25). The molecular formula is C19H25F2N3O2. The van der Waals surface area contributed by atoms with E-state index < -0.39 is 11.6 Å². The summed E-state index contributed by atoms with van der Waals surface area (Å²) in [6.45, 7) is 2.07. The van der Waals surface area contributed by atoms with E-state index in [4.69, 9.17) is 0 Å². The van der Waals surface area contributed by atoms with E-state index in [0.717, 1.165) is 44.1 Å². The first-order valence-corrected chi connectivity index (χ1v) is 9.27. The normalized spacial score (nSPS) is 20.8. The Morgan fingerprint density at radius 1 is 1.19 bits per heavy atom. The number of halogens is 2. The average Bonchev–Trinajstić information content (AvgIpc) is 3.43. The summed E-state index contributed by atoms with van der Waals surface area (Å²) in [5.74, 6) is -0.720. The van der Waals surface area contributed by atoms with E-state index in [0.29, 0.717) is 18.9 Å². The van der Waals surface area contributed by atoms with Gasteiger partial charge in [-0.25, -0.2) is 8.78 Å². The summed E-state index contributed by atoms with van der Waals surface area (Å²) >= 11 is 0. The third-order valence-electron chi connectivity index (χ3n) is 4.97. The Labute approximate surface area is 152 Å². The molecule has 1 saturated heterocycles. The van der Waals surface area contributed by atoms with Crippen molar-refractivity contribution in [2.24, 2.45) is 5.92 Å². The van der Waals surface area contributed by atoms with Crippen molar-refractivity contribution < 1.29 is 18.4 Å². The summed E-state index contributed by atoms with van der Waals surface area (Å²) in [5, 5.41) is 5.69. The van der Waals surface area contributed by atoms with Crippen molar-refractivity contribution in [3.05, 3.63) is 29.8 Å². The minimum atomic E-state index is -0.661. The maximum Gasteiger partial charge on any atom is 0.225 e. The van der Waals surface area contributed by atoms with Gasteiger partial charge in [-0.05, 0) is 43.7 Å². The number of hydrogen-bond acceptors (Lipinski definition) is 3. The van der Waals surface area contributed by atoms with Crippen LogP contribution in [0.4, 0.5) is 14.5 Å². The maximum atomic E-state index is 13.5. The van der Waals surface area contributed by atoms with Gasteiger partial charge in [-0.1, -0.05) is 0 Å². The Morgan fingerprint density at radius 3 is 2.77 bits per heavy atom. The first kappa shape index (κ1) is 18.8. The minimum absolute atomic E-state index is 0.147. The lowest BCUT2D eigenvalue weighted by Gasteiger charge is -2.20. The number of benzene rings is 1. The van der Waals surface area contributed by atoms with Crippen molar-refractivity contribution in [1.29, 1.82) is 0 Å². The predicted molar refractivity (Wildman–Crippen MR) is 94.6 cm³/mol. The number of likely N-dealkylation sites (tertiary alicyclic amines) is 1. The lowest BCUT2D eigenvalue weighted by molar-refractivity contribution is -0.131. The summed E-state index contributed by atoms with van der Waals surface area (Å²) in [4.78, 5) is 26.0. The first-order chi connectivity index (χ1) is 12.5. The molecule has 1 aliphatic heterocycles. The molecular weight excluding hydrogens is 340 g/mol. The average molecular weight is 365 g/mol. The molecule has 1 heterocycles. The van der Waals surface area contributed by atoms with Crippen LogP contribution in [0.25, 0.3) is 0 Å². The van der Waals surface area contributed by atoms with Crippen LogP contribution in [-0.2, 0) is 9.59 Å². The summed E-state index contributed by atoms with van der Waals surface area (Å²) < 4.78 is 26.6. The molecule has 1 aromatic rings. The van der Waals surface area contributed by atoms with Gasteiger partial charge in [0.2, 0.25) is 11.8 Å². The molecule has 1 saturated carbocycles. The Morgan fingerprint density at radius 2 is 2.00 bits per heavy atom. The number of rotatable bonds is 7. The van der Waals surface area contributed by atoms with E-state index in [-0.39, 0.29) is 30.0 Å². The monoisotopic (exact) mass is 365 g/mol. The van der Waals surface area contributed by atoms with Gasteiger partial charge >= 0.3 is 0 Å². The second-order valence-electron chi connectivity index (χ2n) is 7.18. The molecule has 2 aliphatic rings. The molecule has 2 N–H and O–H groups in total. The second kappa shape index (κ2) is 8.58. The molecule has 2 amide bonds. The Balaban J connectivity index is 1.39. The van der Waals surface area contributed by atoms with Crippen molar-refractivity contribution >= 4 is 17.5 Å². The van der Waals surface area contributed by atoms with Crippen molar-refractivity contribution in [3.8, 4) is 0 Å². The molecule has 0 spiro atoms. The minimum Gasteiger partial charge on any atom is -0.342 e. The van der Waals surface area contributed by atoms with Gasteiger partial charge in [-0.2, -0.15) is 0 Å². The third kappa shape index (κ3) is 5.49. The lowest BCUT2D eigenvalue weighted by Crippen LogP contribution is -2.34. The van der Waals surface area contributed by atoms with Gasteiger partial charge in [0.15, 0.2) is 0 Å². The largest absolute Gasteiger partial charge is 0.342 e. The van der Waals surface area contributed by atoms with Gasteiger partial charge in [0.25, 0.3) is 0 Å². The number of anilines is 1. The van der Waals surface area contributed by atoms with Crippen LogP contribution in [-0.4, -0.2) is 42.4 Å². The summed E-state index contributed by atoms with van der Waals surface area (Å²) in [5.41, 5.74) is -0.147. The highest BCUT2D eigenvalue weighted by Gasteiger charge is 2.29. The van der Waals surface area contributed by atoms with Crippen LogP contribution in [0.1, 0.15) is 38.5 Å². The molecule has 0 bridgehead atoms. The van der Waals surface area contributed by atoms with Gasteiger partial charge in [-0.3, -0.25) is 9.59 Å². The Bertz CT molecular complexity index is 664. The zero-order valence-electron chi connectivity index (χ0n) is 14.8. The predicted octanol–water partition coefficient (Wildman–Crippen LogP) is 2.67. The fourth-order valence-corrected chi connectivity index (χ4v) is 3.24. The number of amides is 2. The molecule has 142 valence electrons. The topological polar surface area (TPSA) is 61.4 Å². The fraction of sp³-hybridized carbons (Fsp3) is 0.579. The number of carbonyl (C=O) groups is 2. The van der Waals surface area contributed by atoms with Gasteiger partial charge < -0.3 is 15.5 Å². The van der Waals surface area contributed by atoms with Crippen LogP contribution in [0.5, 0.6) is 0 Å². The summed E-state index contributed by atoms with van der Waals surface area (Å²) in [7, 11) is 0. The van der Waals surface area contributed by atoms with Crippen LogP contribution in [0.3, 0.4) is 0 Å². The van der Waals surface area contributed by atoms with Gasteiger partial charge in [0.05, 0.1) is 5.69 Å². The number of nitrogens with one attached hydrogen (secondary N) is 2. The molecule has 1 atom stereocenters. The van der Waals surface area contributed by atoms with Gasteiger partial charge in [-0.15, -0.1) is 0 Å². The quantitative estimate of drug-likeness (QED) is 0.781. The van der Waals surface area contributed by atoms with Gasteiger partial charge in [0.1, 0.15) is 11.6 Å². The number of nitrogens with zero attached hydrogens (tertiary/aromatic N) is 1. The molecule has 3 rings (SSSR count). The second-order valence-corrected chi connectivity index (χ2v) is 7.18.